The van der Waals surface area contributed by atoms with Crippen LogP contribution in [0.2, 0.25) is 0 Å². The lowest BCUT2D eigenvalue weighted by molar-refractivity contribution is -0.115. The van der Waals surface area contributed by atoms with Crippen molar-refractivity contribution in [2.24, 2.45) is 4.99 Å². The highest BCUT2D eigenvalue weighted by Gasteiger charge is 2.24. The lowest BCUT2D eigenvalue weighted by atomic mass is 10.2. The molecule has 7 heteroatoms. The number of nitrogens with zero attached hydrogens (tertiary/aromatic N) is 1. The Morgan fingerprint density at radius 1 is 1.06 bits per heavy atom. The third-order valence-electron chi connectivity index (χ3n) is 4.70. The summed E-state index contributed by atoms with van der Waals surface area (Å²) in [6.07, 6.45) is 1.84. The van der Waals surface area contributed by atoms with Gasteiger partial charge in [-0.15, -0.1) is 0 Å². The maximum atomic E-state index is 12.5. The fourth-order valence-electron chi connectivity index (χ4n) is 3.09. The molecule has 1 aliphatic rings. The molecule has 0 radical (unpaired) electrons. The van der Waals surface area contributed by atoms with Crippen molar-refractivity contribution in [2.45, 2.75) is 13.5 Å². The topological polar surface area (TPSA) is 59.9 Å². The third-order valence-corrected chi connectivity index (χ3v) is 6.23. The van der Waals surface area contributed by atoms with Crippen molar-refractivity contribution in [3.8, 4) is 11.5 Å². The summed E-state index contributed by atoms with van der Waals surface area (Å²) in [5, 5.41) is 3.34. The zero-order valence-corrected chi connectivity index (χ0v) is 20.0. The second kappa shape index (κ2) is 10.1. The number of carbonyl (C=O) groups is 1. The molecule has 162 valence electrons. The number of hydrogen-bond donors (Lipinski definition) is 1. The Kier molecular flexibility index (Phi) is 6.97. The predicted molar refractivity (Wildman–Crippen MR) is 133 cm³/mol. The number of halogens is 1. The largest absolute Gasteiger partial charge is 0.494 e. The molecule has 5 nitrogen and oxygen atoms in total. The first kappa shape index (κ1) is 22.2. The smallest absolute Gasteiger partial charge is 0.264 e. The number of benzene rings is 3. The van der Waals surface area contributed by atoms with Gasteiger partial charge in [-0.25, -0.2) is 4.99 Å². The van der Waals surface area contributed by atoms with Crippen LogP contribution in [0, 0.1) is 6.92 Å². The van der Waals surface area contributed by atoms with Gasteiger partial charge in [0.1, 0.15) is 23.8 Å². The van der Waals surface area contributed by atoms with Gasteiger partial charge in [0.25, 0.3) is 5.91 Å². The summed E-state index contributed by atoms with van der Waals surface area (Å²) in [4.78, 5) is 17.6. The van der Waals surface area contributed by atoms with E-state index in [-0.39, 0.29) is 5.91 Å². The van der Waals surface area contributed by atoms with Crippen molar-refractivity contribution in [3.63, 3.8) is 0 Å². The van der Waals surface area contributed by atoms with Gasteiger partial charge in [-0.2, -0.15) is 0 Å². The number of amides is 1. The molecule has 0 aliphatic carbocycles. The molecule has 3 aromatic rings. The molecule has 3 aromatic carbocycles. The van der Waals surface area contributed by atoms with Crippen molar-refractivity contribution in [1.29, 1.82) is 0 Å². The lowest BCUT2D eigenvalue weighted by Gasteiger charge is -2.09. The number of thioether (sulfide) groups is 1. The minimum absolute atomic E-state index is 0.180. The van der Waals surface area contributed by atoms with Crippen molar-refractivity contribution in [1.82, 2.24) is 5.32 Å². The molecule has 1 amide bonds. The summed E-state index contributed by atoms with van der Waals surface area (Å²) in [5.41, 5.74) is 3.73. The Labute approximate surface area is 199 Å². The molecule has 1 fully saturated rings. The standard InChI is InChI=1S/C25H21BrN2O3S/c1-16-8-10-22(30-2)20(12-16)27-25-28-24(29)23(32-25)14-18-9-11-21(19(26)13-18)31-15-17-6-4-3-5-7-17/h3-14H,15H2,1-2H3,(H,27,28,29)/b23-14-. The Balaban J connectivity index is 1.49. The summed E-state index contributed by atoms with van der Waals surface area (Å²) >= 11 is 4.86. The average Bonchev–Trinajstić information content (AvgIpc) is 3.12. The van der Waals surface area contributed by atoms with Crippen molar-refractivity contribution >= 4 is 50.5 Å². The average molecular weight is 509 g/mol. The first-order valence-electron chi connectivity index (χ1n) is 9.92. The molecule has 1 saturated heterocycles. The van der Waals surface area contributed by atoms with E-state index in [1.54, 1.807) is 7.11 Å². The highest BCUT2D eigenvalue weighted by molar-refractivity contribution is 9.10. The molecule has 1 N–H and O–H groups in total. The minimum Gasteiger partial charge on any atom is -0.494 e. The maximum absolute atomic E-state index is 12.5. The van der Waals surface area contributed by atoms with Gasteiger partial charge in [0.05, 0.1) is 16.5 Å². The van der Waals surface area contributed by atoms with Crippen LogP contribution in [-0.4, -0.2) is 18.2 Å². The Morgan fingerprint density at radius 2 is 1.84 bits per heavy atom. The highest BCUT2D eigenvalue weighted by Crippen LogP contribution is 2.34. The number of methoxy groups -OCH3 is 1. The van der Waals surface area contributed by atoms with Gasteiger partial charge in [0, 0.05) is 0 Å². The van der Waals surface area contributed by atoms with Crippen LogP contribution in [0.5, 0.6) is 11.5 Å². The summed E-state index contributed by atoms with van der Waals surface area (Å²) in [7, 11) is 1.60. The van der Waals surface area contributed by atoms with E-state index in [0.717, 1.165) is 26.9 Å². The van der Waals surface area contributed by atoms with E-state index in [2.05, 4.69) is 26.2 Å². The predicted octanol–water partition coefficient (Wildman–Crippen LogP) is 6.24. The van der Waals surface area contributed by atoms with Gasteiger partial charge in [0.2, 0.25) is 0 Å². The Bertz CT molecular complexity index is 1210. The number of ether oxygens (including phenoxy) is 2. The molecule has 32 heavy (non-hydrogen) atoms. The van der Waals surface area contributed by atoms with Gasteiger partial charge >= 0.3 is 0 Å². The maximum Gasteiger partial charge on any atom is 0.264 e. The second-order valence-electron chi connectivity index (χ2n) is 7.12. The van der Waals surface area contributed by atoms with Gasteiger partial charge in [0.15, 0.2) is 5.17 Å². The zero-order valence-electron chi connectivity index (χ0n) is 17.6. The monoisotopic (exact) mass is 508 g/mol. The molecule has 0 spiro atoms. The highest BCUT2D eigenvalue weighted by atomic mass is 79.9. The number of aliphatic imine (C=N–C) groups is 1. The second-order valence-corrected chi connectivity index (χ2v) is 9.01. The van der Waals surface area contributed by atoms with Crippen molar-refractivity contribution in [3.05, 3.63) is 92.8 Å². The molecule has 0 bridgehead atoms. The van der Waals surface area contributed by atoms with Crippen LogP contribution >= 0.6 is 27.7 Å². The van der Waals surface area contributed by atoms with Crippen LogP contribution < -0.4 is 14.8 Å². The number of amidine groups is 1. The first-order chi connectivity index (χ1) is 15.5. The van der Waals surface area contributed by atoms with E-state index in [1.165, 1.54) is 11.8 Å². The van der Waals surface area contributed by atoms with Gasteiger partial charge in [-0.3, -0.25) is 4.79 Å². The van der Waals surface area contributed by atoms with E-state index < -0.39 is 0 Å². The molecule has 0 aromatic heterocycles. The van der Waals surface area contributed by atoms with Crippen molar-refractivity contribution in [2.75, 3.05) is 7.11 Å². The number of carbonyl (C=O) groups excluding carboxylic acids is 1. The van der Waals surface area contributed by atoms with Crippen LogP contribution in [0.3, 0.4) is 0 Å². The molecule has 0 saturated carbocycles. The van der Waals surface area contributed by atoms with E-state index >= 15 is 0 Å². The fourth-order valence-corrected chi connectivity index (χ4v) is 4.43. The van der Waals surface area contributed by atoms with E-state index in [9.17, 15) is 4.79 Å². The van der Waals surface area contributed by atoms with Crippen molar-refractivity contribution < 1.29 is 14.3 Å². The third kappa shape index (κ3) is 5.41. The molecule has 0 atom stereocenters. The zero-order chi connectivity index (χ0) is 22.5. The van der Waals surface area contributed by atoms with Crippen LogP contribution in [0.1, 0.15) is 16.7 Å². The minimum atomic E-state index is -0.180. The molecule has 1 aliphatic heterocycles. The summed E-state index contributed by atoms with van der Waals surface area (Å²) in [5.74, 6) is 1.22. The molecule has 0 unspecified atom stereocenters. The number of aryl methyl sites for hydroxylation is 1. The van der Waals surface area contributed by atoms with Crippen LogP contribution in [0.4, 0.5) is 5.69 Å². The molecular weight excluding hydrogens is 488 g/mol. The van der Waals surface area contributed by atoms with E-state index in [4.69, 9.17) is 9.47 Å². The SMILES string of the molecule is COc1ccc(C)cc1N=C1NC(=O)/C(=C/c2ccc(OCc3ccccc3)c(Br)c2)S1. The normalized spacial score (nSPS) is 15.8. The number of nitrogens with one attached hydrogen (secondary N) is 1. The van der Waals surface area contributed by atoms with Gasteiger partial charge in [-0.05, 0) is 81.6 Å². The fraction of sp³-hybridized carbons (Fsp3) is 0.120. The summed E-state index contributed by atoms with van der Waals surface area (Å²) < 4.78 is 12.1. The van der Waals surface area contributed by atoms with Crippen LogP contribution in [0.25, 0.3) is 6.08 Å². The first-order valence-corrected chi connectivity index (χ1v) is 11.5. The molecule has 1 heterocycles. The van der Waals surface area contributed by atoms with Crippen LogP contribution in [0.15, 0.2) is 81.1 Å². The van der Waals surface area contributed by atoms with Gasteiger partial charge in [-0.1, -0.05) is 42.5 Å². The quantitative estimate of drug-likeness (QED) is 0.400. The number of hydrogen-bond acceptors (Lipinski definition) is 5. The lowest BCUT2D eigenvalue weighted by Crippen LogP contribution is -2.19. The van der Waals surface area contributed by atoms with Crippen LogP contribution in [-0.2, 0) is 11.4 Å². The number of rotatable bonds is 6. The Morgan fingerprint density at radius 3 is 2.59 bits per heavy atom. The molecular formula is C25H21BrN2O3S. The summed E-state index contributed by atoms with van der Waals surface area (Å²) in [6.45, 7) is 2.47. The van der Waals surface area contributed by atoms with E-state index in [1.807, 2.05) is 79.7 Å². The van der Waals surface area contributed by atoms with Gasteiger partial charge < -0.3 is 14.8 Å². The summed E-state index contributed by atoms with van der Waals surface area (Å²) in [6, 6.07) is 21.5. The molecule has 4 rings (SSSR count). The Hall–Kier alpha value is -3.03. The van der Waals surface area contributed by atoms with E-state index in [0.29, 0.717) is 28.1 Å².